The lowest BCUT2D eigenvalue weighted by Crippen LogP contribution is -2.42. The fraction of sp³-hybridized carbons (Fsp3) is 0.321. The van der Waals surface area contributed by atoms with Gasteiger partial charge >= 0.3 is 5.97 Å². The fourth-order valence-corrected chi connectivity index (χ4v) is 4.06. The van der Waals surface area contributed by atoms with Crippen molar-refractivity contribution in [1.82, 2.24) is 0 Å². The lowest BCUT2D eigenvalue weighted by Gasteiger charge is -2.38. The topological polar surface area (TPSA) is 35.5 Å². The molecule has 3 atom stereocenters. The van der Waals surface area contributed by atoms with E-state index in [1.165, 1.54) is 0 Å². The van der Waals surface area contributed by atoms with Crippen molar-refractivity contribution >= 4 is 17.6 Å². The molecule has 0 bridgehead atoms. The molecule has 0 aliphatic heterocycles. The van der Waals surface area contributed by atoms with E-state index < -0.39 is 5.41 Å². The Labute approximate surface area is 196 Å². The molecule has 0 aliphatic carbocycles. The molecule has 3 unspecified atom stereocenters. The number of ether oxygens (including phenoxy) is 2. The van der Waals surface area contributed by atoms with Crippen LogP contribution in [0.1, 0.15) is 51.7 Å². The summed E-state index contributed by atoms with van der Waals surface area (Å²) in [5, 5.41) is 0.423. The number of esters is 1. The Hall–Kier alpha value is -2.78. The van der Waals surface area contributed by atoms with Crippen molar-refractivity contribution in [2.24, 2.45) is 11.3 Å². The van der Waals surface area contributed by atoms with Crippen LogP contribution < -0.4 is 9.47 Å². The highest BCUT2D eigenvalue weighted by molar-refractivity contribution is 6.32. The van der Waals surface area contributed by atoms with Crippen LogP contribution in [0, 0.1) is 11.3 Å². The quantitative estimate of drug-likeness (QED) is 0.232. The van der Waals surface area contributed by atoms with Crippen LogP contribution in [0.25, 0.3) is 0 Å². The van der Waals surface area contributed by atoms with Crippen molar-refractivity contribution < 1.29 is 14.3 Å². The largest absolute Gasteiger partial charge is 0.485 e. The van der Waals surface area contributed by atoms with E-state index in [-0.39, 0.29) is 18.0 Å². The predicted molar refractivity (Wildman–Crippen MR) is 130 cm³/mol. The van der Waals surface area contributed by atoms with Crippen molar-refractivity contribution in [2.75, 3.05) is 0 Å². The van der Waals surface area contributed by atoms with Crippen molar-refractivity contribution in [3.8, 4) is 11.5 Å². The molecular formula is C28H31ClO3. The van der Waals surface area contributed by atoms with Crippen LogP contribution in [0.3, 0.4) is 0 Å². The molecule has 4 heteroatoms. The second-order valence-corrected chi connectivity index (χ2v) is 8.80. The molecule has 32 heavy (non-hydrogen) atoms. The molecule has 0 radical (unpaired) electrons. The minimum atomic E-state index is -0.773. The number of hydrogen-bond donors (Lipinski definition) is 0. The van der Waals surface area contributed by atoms with Gasteiger partial charge in [0.15, 0.2) is 0 Å². The zero-order valence-electron chi connectivity index (χ0n) is 19.0. The van der Waals surface area contributed by atoms with Gasteiger partial charge in [0.1, 0.15) is 17.6 Å². The monoisotopic (exact) mass is 450 g/mol. The van der Waals surface area contributed by atoms with Crippen LogP contribution >= 0.6 is 11.6 Å². The van der Waals surface area contributed by atoms with E-state index in [1.54, 1.807) is 12.1 Å². The smallest absolute Gasteiger partial charge is 0.317 e. The second kappa shape index (κ2) is 11.2. The lowest BCUT2D eigenvalue weighted by molar-refractivity contribution is -0.151. The van der Waals surface area contributed by atoms with Crippen LogP contribution in [-0.2, 0) is 4.79 Å². The van der Waals surface area contributed by atoms with Gasteiger partial charge in [0.25, 0.3) is 0 Å². The van der Waals surface area contributed by atoms with E-state index in [9.17, 15) is 4.79 Å². The van der Waals surface area contributed by atoms with Gasteiger partial charge in [-0.05, 0) is 43.2 Å². The Morgan fingerprint density at radius 3 is 2.16 bits per heavy atom. The van der Waals surface area contributed by atoms with E-state index >= 15 is 0 Å². The Morgan fingerprint density at radius 1 is 0.938 bits per heavy atom. The van der Waals surface area contributed by atoms with Gasteiger partial charge in [-0.3, -0.25) is 4.79 Å². The number of carbonyl (C=O) groups is 1. The summed E-state index contributed by atoms with van der Waals surface area (Å²) in [6.07, 6.45) is 2.26. The van der Waals surface area contributed by atoms with Crippen LogP contribution in [0.15, 0.2) is 84.9 Å². The number of rotatable bonds is 10. The summed E-state index contributed by atoms with van der Waals surface area (Å²) >= 11 is 6.27. The van der Waals surface area contributed by atoms with Gasteiger partial charge in [0, 0.05) is 5.92 Å². The molecule has 0 fully saturated rings. The summed E-state index contributed by atoms with van der Waals surface area (Å²) in [7, 11) is 0. The first-order valence-electron chi connectivity index (χ1n) is 11.2. The number of para-hydroxylation sites is 2. The van der Waals surface area contributed by atoms with Gasteiger partial charge in [-0.25, -0.2) is 0 Å². The summed E-state index contributed by atoms with van der Waals surface area (Å²) < 4.78 is 12.3. The predicted octanol–water partition coefficient (Wildman–Crippen LogP) is 7.90. The molecule has 0 aliphatic rings. The molecule has 0 amide bonds. The molecule has 0 saturated carbocycles. The van der Waals surface area contributed by atoms with Crippen molar-refractivity contribution in [3.63, 3.8) is 0 Å². The van der Waals surface area contributed by atoms with Gasteiger partial charge in [0.05, 0.1) is 10.4 Å². The molecule has 3 rings (SSSR count). The van der Waals surface area contributed by atoms with E-state index in [0.29, 0.717) is 17.2 Å². The maximum absolute atomic E-state index is 13.6. The van der Waals surface area contributed by atoms with E-state index in [4.69, 9.17) is 21.1 Å². The third-order valence-corrected chi connectivity index (χ3v) is 6.46. The second-order valence-electron chi connectivity index (χ2n) is 8.39. The Balaban J connectivity index is 1.96. The summed E-state index contributed by atoms with van der Waals surface area (Å²) in [5.41, 5.74) is 0.252. The summed E-state index contributed by atoms with van der Waals surface area (Å²) in [4.78, 5) is 13.6. The number of unbranched alkanes of at least 4 members (excludes halogenated alkanes) is 1. The molecule has 168 valence electrons. The third-order valence-electron chi connectivity index (χ3n) is 6.15. The van der Waals surface area contributed by atoms with E-state index in [0.717, 1.165) is 24.2 Å². The number of hydrogen-bond acceptors (Lipinski definition) is 3. The van der Waals surface area contributed by atoms with Crippen molar-refractivity contribution in [2.45, 2.75) is 46.1 Å². The van der Waals surface area contributed by atoms with E-state index in [2.05, 4.69) is 13.8 Å². The molecule has 3 aromatic carbocycles. The highest BCUT2D eigenvalue weighted by Gasteiger charge is 2.45. The van der Waals surface area contributed by atoms with Gasteiger partial charge in [-0.1, -0.05) is 99.0 Å². The first-order chi connectivity index (χ1) is 15.5. The summed E-state index contributed by atoms with van der Waals surface area (Å²) in [6, 6.07) is 26.9. The van der Waals surface area contributed by atoms with Gasteiger partial charge < -0.3 is 9.47 Å². The molecule has 0 heterocycles. The Morgan fingerprint density at radius 2 is 1.53 bits per heavy atom. The summed E-state index contributed by atoms with van der Waals surface area (Å²) in [6.45, 7) is 6.18. The van der Waals surface area contributed by atoms with Gasteiger partial charge in [-0.2, -0.15) is 0 Å². The summed E-state index contributed by atoms with van der Waals surface area (Å²) in [5.74, 6) is 0.704. The van der Waals surface area contributed by atoms with Crippen LogP contribution in [0.4, 0.5) is 0 Å². The van der Waals surface area contributed by atoms with Crippen LogP contribution in [-0.4, -0.2) is 5.97 Å². The number of benzene rings is 3. The number of halogens is 1. The van der Waals surface area contributed by atoms with Crippen molar-refractivity contribution in [1.29, 1.82) is 0 Å². The average molecular weight is 451 g/mol. The molecule has 0 spiro atoms. The number of carbonyl (C=O) groups excluding carboxylic acids is 1. The first kappa shape index (κ1) is 23.9. The van der Waals surface area contributed by atoms with Crippen LogP contribution in [0.5, 0.6) is 11.5 Å². The Kier molecular flexibility index (Phi) is 8.35. The average Bonchev–Trinajstić information content (AvgIpc) is 2.83. The van der Waals surface area contributed by atoms with Gasteiger partial charge in [-0.15, -0.1) is 0 Å². The zero-order chi connectivity index (χ0) is 23.0. The minimum absolute atomic E-state index is 0.161. The fourth-order valence-electron chi connectivity index (χ4n) is 3.88. The first-order valence-corrected chi connectivity index (χ1v) is 11.6. The Bertz CT molecular complexity index is 990. The molecule has 0 aromatic heterocycles. The molecule has 3 aromatic rings. The standard InChI is InChI=1S/C28H31ClO3/c1-4-5-20-28(3,27(30)32-25-19-13-12-18-24(25)29)21(2)26(22-14-8-6-9-15-22)31-23-16-10-7-11-17-23/h6-19,21,26H,4-5,20H2,1-3H3. The molecule has 0 saturated heterocycles. The maximum atomic E-state index is 13.6. The SMILES string of the molecule is CCCCC(C)(C(=O)Oc1ccccc1Cl)C(C)C(Oc1ccccc1)c1ccccc1. The molecule has 0 N–H and O–H groups in total. The van der Waals surface area contributed by atoms with Gasteiger partial charge in [0.2, 0.25) is 0 Å². The molecular weight excluding hydrogens is 420 g/mol. The lowest BCUT2D eigenvalue weighted by atomic mass is 9.70. The highest BCUT2D eigenvalue weighted by atomic mass is 35.5. The normalized spacial score (nSPS) is 14.8. The van der Waals surface area contributed by atoms with Crippen LogP contribution in [0.2, 0.25) is 5.02 Å². The highest BCUT2D eigenvalue weighted by Crippen LogP contribution is 2.44. The third kappa shape index (κ3) is 5.72. The zero-order valence-corrected chi connectivity index (χ0v) is 19.7. The molecule has 3 nitrogen and oxygen atoms in total. The minimum Gasteiger partial charge on any atom is -0.485 e. The van der Waals surface area contributed by atoms with E-state index in [1.807, 2.05) is 79.7 Å². The maximum Gasteiger partial charge on any atom is 0.317 e. The van der Waals surface area contributed by atoms with Crippen molar-refractivity contribution in [3.05, 3.63) is 95.5 Å².